The Morgan fingerprint density at radius 2 is 2.04 bits per heavy atom. The summed E-state index contributed by atoms with van der Waals surface area (Å²) in [7, 11) is 0. The molecule has 0 spiro atoms. The first kappa shape index (κ1) is 20.5. The largest absolute Gasteiger partial charge is 0.487 e. The molecule has 1 amide bonds. The van der Waals surface area contributed by atoms with Gasteiger partial charge in [0.25, 0.3) is 5.91 Å². The molecule has 1 aliphatic rings. The van der Waals surface area contributed by atoms with E-state index in [2.05, 4.69) is 5.32 Å². The van der Waals surface area contributed by atoms with Crippen LogP contribution in [0.1, 0.15) is 56.3 Å². The van der Waals surface area contributed by atoms with Crippen molar-refractivity contribution in [3.63, 3.8) is 0 Å². The van der Waals surface area contributed by atoms with E-state index in [1.54, 1.807) is 12.1 Å². The molecule has 0 saturated heterocycles. The summed E-state index contributed by atoms with van der Waals surface area (Å²) in [5.41, 5.74) is 2.71. The third-order valence-corrected chi connectivity index (χ3v) is 5.44. The predicted molar refractivity (Wildman–Crippen MR) is 112 cm³/mol. The highest BCUT2D eigenvalue weighted by molar-refractivity contribution is 6.31. The van der Waals surface area contributed by atoms with Gasteiger partial charge in [0.15, 0.2) is 6.10 Å². The minimum absolute atomic E-state index is 0.114. The summed E-state index contributed by atoms with van der Waals surface area (Å²) in [6, 6.07) is 11.4. The number of rotatable bonds is 5. The fourth-order valence-corrected chi connectivity index (χ4v) is 3.65. The van der Waals surface area contributed by atoms with Crippen LogP contribution in [0.15, 0.2) is 36.4 Å². The van der Waals surface area contributed by atoms with Gasteiger partial charge in [-0.2, -0.15) is 0 Å². The lowest BCUT2D eigenvalue weighted by Gasteiger charge is -2.38. The number of nitrogens with one attached hydrogen (secondary N) is 1. The maximum Gasteiger partial charge on any atom is 0.261 e. The van der Waals surface area contributed by atoms with E-state index >= 15 is 0 Å². The Balaban J connectivity index is 1.77. The minimum atomic E-state index is -0.569. The van der Waals surface area contributed by atoms with E-state index < -0.39 is 6.10 Å². The second-order valence-electron chi connectivity index (χ2n) is 8.09. The number of hydrogen-bond donors (Lipinski definition) is 1. The highest BCUT2D eigenvalue weighted by Gasteiger charge is 2.35. The first-order valence-electron chi connectivity index (χ1n) is 9.71. The zero-order valence-corrected chi connectivity index (χ0v) is 17.9. The first-order chi connectivity index (χ1) is 13.2. The molecule has 0 aromatic heterocycles. The second-order valence-corrected chi connectivity index (χ2v) is 8.50. The predicted octanol–water partition coefficient (Wildman–Crippen LogP) is 5.53. The molecule has 0 fully saturated rings. The van der Waals surface area contributed by atoms with Crippen molar-refractivity contribution in [1.29, 1.82) is 0 Å². The van der Waals surface area contributed by atoms with E-state index in [9.17, 15) is 4.79 Å². The van der Waals surface area contributed by atoms with Gasteiger partial charge in [-0.15, -0.1) is 0 Å². The van der Waals surface area contributed by atoms with Gasteiger partial charge in [0, 0.05) is 17.0 Å². The van der Waals surface area contributed by atoms with Gasteiger partial charge in [-0.3, -0.25) is 4.79 Å². The molecule has 3 rings (SSSR count). The molecule has 1 heterocycles. The quantitative estimate of drug-likeness (QED) is 0.716. The normalized spacial score (nSPS) is 18.6. The number of hydrogen-bond acceptors (Lipinski definition) is 3. The molecular weight excluding hydrogens is 374 g/mol. The van der Waals surface area contributed by atoms with Crippen LogP contribution in [0.5, 0.6) is 11.5 Å². The molecule has 28 heavy (non-hydrogen) atoms. The Morgan fingerprint density at radius 1 is 1.29 bits per heavy atom. The molecule has 1 N–H and O–H groups in total. The highest BCUT2D eigenvalue weighted by atomic mass is 35.5. The lowest BCUT2D eigenvalue weighted by atomic mass is 9.89. The maximum atomic E-state index is 13.0. The number of ether oxygens (including phenoxy) is 2. The van der Waals surface area contributed by atoms with Crippen molar-refractivity contribution < 1.29 is 14.3 Å². The summed E-state index contributed by atoms with van der Waals surface area (Å²) in [4.78, 5) is 13.0. The summed E-state index contributed by atoms with van der Waals surface area (Å²) in [6.07, 6.45) is 0.701. The van der Waals surface area contributed by atoms with Gasteiger partial charge in [0.1, 0.15) is 17.1 Å². The molecule has 2 aromatic rings. The zero-order chi connectivity index (χ0) is 20.5. The van der Waals surface area contributed by atoms with Crippen LogP contribution in [-0.4, -0.2) is 17.6 Å². The Morgan fingerprint density at radius 3 is 2.71 bits per heavy atom. The molecule has 0 aliphatic carbocycles. The molecule has 150 valence electrons. The Labute approximate surface area is 172 Å². The van der Waals surface area contributed by atoms with Crippen molar-refractivity contribution in [2.75, 3.05) is 0 Å². The van der Waals surface area contributed by atoms with Crippen LogP contribution in [-0.2, 0) is 4.79 Å². The van der Waals surface area contributed by atoms with E-state index in [1.807, 2.05) is 58.9 Å². The summed E-state index contributed by atoms with van der Waals surface area (Å²) < 4.78 is 12.1. The van der Waals surface area contributed by atoms with Crippen molar-refractivity contribution >= 4 is 17.5 Å². The molecule has 0 unspecified atom stereocenters. The zero-order valence-electron chi connectivity index (χ0n) is 17.1. The lowest BCUT2D eigenvalue weighted by molar-refractivity contribution is -0.129. The SMILES string of the molecule is CC[C@@H](Oc1ccc(Cl)c(C)c1)C(=O)N[C@@H]1CC(C)(C)Oc2cc(C)ccc21. The monoisotopic (exact) mass is 401 g/mol. The molecule has 0 bridgehead atoms. The summed E-state index contributed by atoms with van der Waals surface area (Å²) in [6.45, 7) is 9.98. The average Bonchev–Trinajstić information content (AvgIpc) is 2.61. The number of benzene rings is 2. The second kappa shape index (κ2) is 8.04. The fraction of sp³-hybridized carbons (Fsp3) is 0.435. The van der Waals surface area contributed by atoms with Crippen molar-refractivity contribution in [3.05, 3.63) is 58.1 Å². The summed E-state index contributed by atoms with van der Waals surface area (Å²) in [5, 5.41) is 3.86. The van der Waals surface area contributed by atoms with Gasteiger partial charge in [0.2, 0.25) is 0 Å². The standard InChI is InChI=1S/C23H28ClNO3/c1-6-20(27-16-8-10-18(24)15(3)12-16)22(26)25-19-13-23(4,5)28-21-11-14(2)7-9-17(19)21/h7-12,19-20H,6,13H2,1-5H3,(H,25,26)/t19-,20-/m1/s1. The van der Waals surface area contributed by atoms with E-state index in [0.29, 0.717) is 23.6 Å². The first-order valence-corrected chi connectivity index (χ1v) is 10.1. The number of aryl methyl sites for hydroxylation is 2. The molecule has 2 atom stereocenters. The Hall–Kier alpha value is -2.20. The molecule has 0 saturated carbocycles. The minimum Gasteiger partial charge on any atom is -0.487 e. The van der Waals surface area contributed by atoms with Gasteiger partial charge >= 0.3 is 0 Å². The van der Waals surface area contributed by atoms with Crippen molar-refractivity contribution in [2.45, 2.75) is 65.2 Å². The van der Waals surface area contributed by atoms with E-state index in [4.69, 9.17) is 21.1 Å². The number of carbonyl (C=O) groups excluding carboxylic acids is 1. The highest BCUT2D eigenvalue weighted by Crippen LogP contribution is 2.40. The van der Waals surface area contributed by atoms with Gasteiger partial charge in [-0.1, -0.05) is 30.7 Å². The number of carbonyl (C=O) groups is 1. The van der Waals surface area contributed by atoms with Crippen LogP contribution in [0.2, 0.25) is 5.02 Å². The average molecular weight is 402 g/mol. The van der Waals surface area contributed by atoms with Gasteiger partial charge in [-0.25, -0.2) is 0 Å². The van der Waals surface area contributed by atoms with Crippen LogP contribution in [0.25, 0.3) is 0 Å². The van der Waals surface area contributed by atoms with Crippen LogP contribution < -0.4 is 14.8 Å². The van der Waals surface area contributed by atoms with Crippen molar-refractivity contribution in [2.24, 2.45) is 0 Å². The van der Waals surface area contributed by atoms with Gasteiger partial charge in [0.05, 0.1) is 6.04 Å². The van der Waals surface area contributed by atoms with Crippen LogP contribution in [0.3, 0.4) is 0 Å². The van der Waals surface area contributed by atoms with Crippen LogP contribution in [0, 0.1) is 13.8 Å². The molecule has 0 radical (unpaired) electrons. The molecule has 4 nitrogen and oxygen atoms in total. The van der Waals surface area contributed by atoms with E-state index in [-0.39, 0.29) is 17.6 Å². The Kier molecular flexibility index (Phi) is 5.90. The number of fused-ring (bicyclic) bond motifs is 1. The van der Waals surface area contributed by atoms with Crippen LogP contribution in [0.4, 0.5) is 0 Å². The maximum absolute atomic E-state index is 13.0. The third kappa shape index (κ3) is 4.61. The van der Waals surface area contributed by atoms with Crippen molar-refractivity contribution in [3.8, 4) is 11.5 Å². The van der Waals surface area contributed by atoms with Crippen LogP contribution >= 0.6 is 11.6 Å². The third-order valence-electron chi connectivity index (χ3n) is 5.01. The molecule has 5 heteroatoms. The molecular formula is C23H28ClNO3. The van der Waals surface area contributed by atoms with Crippen molar-refractivity contribution in [1.82, 2.24) is 5.32 Å². The molecule has 1 aliphatic heterocycles. The number of amides is 1. The smallest absolute Gasteiger partial charge is 0.261 e. The molecule has 2 aromatic carbocycles. The lowest BCUT2D eigenvalue weighted by Crippen LogP contribution is -2.45. The topological polar surface area (TPSA) is 47.6 Å². The van der Waals surface area contributed by atoms with E-state index in [1.165, 1.54) is 0 Å². The summed E-state index contributed by atoms with van der Waals surface area (Å²) >= 11 is 6.08. The number of halogens is 1. The van der Waals surface area contributed by atoms with Gasteiger partial charge in [-0.05, 0) is 69.5 Å². The van der Waals surface area contributed by atoms with E-state index in [0.717, 1.165) is 22.4 Å². The fourth-order valence-electron chi connectivity index (χ4n) is 3.53. The Bertz CT molecular complexity index is 878. The van der Waals surface area contributed by atoms with Gasteiger partial charge < -0.3 is 14.8 Å². The summed E-state index contributed by atoms with van der Waals surface area (Å²) in [5.74, 6) is 1.36.